The van der Waals surface area contributed by atoms with Crippen LogP contribution in [-0.2, 0) is 11.8 Å². The predicted molar refractivity (Wildman–Crippen MR) is 91.8 cm³/mol. The van der Waals surface area contributed by atoms with Crippen LogP contribution in [0.1, 0.15) is 52.2 Å². The minimum atomic E-state index is -0.504. The van der Waals surface area contributed by atoms with Gasteiger partial charge in [-0.2, -0.15) is 0 Å². The highest BCUT2D eigenvalue weighted by atomic mass is 32.1. The summed E-state index contributed by atoms with van der Waals surface area (Å²) in [5.41, 5.74) is 7.18. The van der Waals surface area contributed by atoms with Crippen molar-refractivity contribution in [2.75, 3.05) is 6.54 Å². The van der Waals surface area contributed by atoms with Crippen LogP contribution in [-0.4, -0.2) is 23.3 Å². The molecule has 6 heteroatoms. The topological polar surface area (TPSA) is 85.1 Å². The number of hydrogen-bond donors (Lipinski definition) is 2. The summed E-state index contributed by atoms with van der Waals surface area (Å²) < 4.78 is 0. The van der Waals surface area contributed by atoms with E-state index in [0.29, 0.717) is 24.1 Å². The molecule has 0 atom stereocenters. The number of rotatable bonds is 5. The van der Waals surface area contributed by atoms with Crippen molar-refractivity contribution in [3.05, 3.63) is 51.5 Å². The van der Waals surface area contributed by atoms with Gasteiger partial charge < -0.3 is 11.1 Å². The quantitative estimate of drug-likeness (QED) is 0.883. The molecule has 23 heavy (non-hydrogen) atoms. The lowest BCUT2D eigenvalue weighted by Crippen LogP contribution is -2.25. The molecule has 1 aromatic heterocycles. The van der Waals surface area contributed by atoms with Gasteiger partial charge in [0.15, 0.2) is 0 Å². The Labute approximate surface area is 139 Å². The highest BCUT2D eigenvalue weighted by Crippen LogP contribution is 2.23. The Morgan fingerprint density at radius 1 is 1.17 bits per heavy atom. The van der Waals surface area contributed by atoms with Crippen molar-refractivity contribution in [2.24, 2.45) is 5.73 Å². The molecule has 0 aliphatic carbocycles. The molecule has 0 saturated heterocycles. The number of thiazole rings is 1. The Morgan fingerprint density at radius 2 is 1.78 bits per heavy atom. The third kappa shape index (κ3) is 4.63. The molecule has 0 fully saturated rings. The highest BCUT2D eigenvalue weighted by Gasteiger charge is 2.17. The molecule has 0 spiro atoms. The average Bonchev–Trinajstić information content (AvgIpc) is 2.96. The number of nitrogens with two attached hydrogens (primary N) is 1. The Kier molecular flexibility index (Phi) is 5.15. The number of primary amides is 1. The van der Waals surface area contributed by atoms with E-state index in [-0.39, 0.29) is 11.3 Å². The molecule has 1 heterocycles. The maximum atomic E-state index is 12.0. The zero-order valence-corrected chi connectivity index (χ0v) is 14.4. The first kappa shape index (κ1) is 17.1. The van der Waals surface area contributed by atoms with E-state index in [0.717, 1.165) is 10.7 Å². The molecule has 0 aliphatic heterocycles. The lowest BCUT2D eigenvalue weighted by molar-refractivity contribution is 0.0951. The first-order valence-electron chi connectivity index (χ1n) is 7.40. The number of nitrogens with one attached hydrogen (secondary N) is 1. The van der Waals surface area contributed by atoms with Gasteiger partial charge in [0.25, 0.3) is 5.91 Å². The largest absolute Gasteiger partial charge is 0.366 e. The molecule has 0 unspecified atom stereocenters. The highest BCUT2D eigenvalue weighted by molar-refractivity contribution is 7.09. The van der Waals surface area contributed by atoms with Crippen molar-refractivity contribution in [1.82, 2.24) is 10.3 Å². The summed E-state index contributed by atoms with van der Waals surface area (Å²) in [4.78, 5) is 27.6. The molecule has 0 bridgehead atoms. The van der Waals surface area contributed by atoms with Crippen molar-refractivity contribution in [3.8, 4) is 0 Å². The molecule has 5 nitrogen and oxygen atoms in total. The van der Waals surface area contributed by atoms with Crippen LogP contribution in [0.2, 0.25) is 0 Å². The number of hydrogen-bond acceptors (Lipinski definition) is 4. The summed E-state index contributed by atoms with van der Waals surface area (Å²) in [5, 5.41) is 5.94. The van der Waals surface area contributed by atoms with Crippen LogP contribution in [0.15, 0.2) is 29.6 Å². The summed E-state index contributed by atoms with van der Waals surface area (Å²) in [6, 6.07) is 6.29. The van der Waals surface area contributed by atoms with E-state index >= 15 is 0 Å². The molecule has 0 aliphatic rings. The van der Waals surface area contributed by atoms with E-state index in [1.807, 2.05) is 0 Å². The molecular weight excluding hydrogens is 310 g/mol. The Hall–Kier alpha value is -2.21. The van der Waals surface area contributed by atoms with Crippen LogP contribution in [0.5, 0.6) is 0 Å². The number of amides is 2. The Balaban J connectivity index is 1.87. The molecule has 0 radical (unpaired) electrons. The smallest absolute Gasteiger partial charge is 0.251 e. The van der Waals surface area contributed by atoms with Crippen molar-refractivity contribution >= 4 is 23.2 Å². The molecule has 122 valence electrons. The van der Waals surface area contributed by atoms with Gasteiger partial charge in [-0.05, 0) is 24.3 Å². The van der Waals surface area contributed by atoms with Crippen molar-refractivity contribution < 1.29 is 9.59 Å². The van der Waals surface area contributed by atoms with E-state index in [9.17, 15) is 9.59 Å². The van der Waals surface area contributed by atoms with E-state index in [2.05, 4.69) is 36.5 Å². The van der Waals surface area contributed by atoms with Gasteiger partial charge in [0.2, 0.25) is 5.91 Å². The second kappa shape index (κ2) is 6.91. The second-order valence-corrected chi connectivity index (χ2v) is 7.27. The molecule has 2 amide bonds. The van der Waals surface area contributed by atoms with Crippen LogP contribution >= 0.6 is 11.3 Å². The summed E-state index contributed by atoms with van der Waals surface area (Å²) in [7, 11) is 0. The summed E-state index contributed by atoms with van der Waals surface area (Å²) >= 11 is 1.62. The van der Waals surface area contributed by atoms with Gasteiger partial charge in [-0.3, -0.25) is 9.59 Å². The predicted octanol–water partition coefficient (Wildman–Crippen LogP) is 2.51. The fourth-order valence-corrected chi connectivity index (χ4v) is 2.97. The van der Waals surface area contributed by atoms with Crippen LogP contribution in [0, 0.1) is 0 Å². The molecule has 0 saturated carbocycles. The summed E-state index contributed by atoms with van der Waals surface area (Å²) in [5.74, 6) is -0.677. The molecule has 1 aromatic carbocycles. The fourth-order valence-electron chi connectivity index (χ4n) is 1.94. The standard InChI is InChI=1S/C17H21N3O2S/c1-17(2,3)13-10-23-14(20-13)8-9-19-16(22)12-6-4-11(5-7-12)15(18)21/h4-7,10H,8-9H2,1-3H3,(H2,18,21)(H,19,22). The van der Waals surface area contributed by atoms with Crippen LogP contribution in [0.4, 0.5) is 0 Å². The lowest BCUT2D eigenvalue weighted by atomic mass is 9.93. The van der Waals surface area contributed by atoms with Crippen LogP contribution in [0.25, 0.3) is 0 Å². The summed E-state index contributed by atoms with van der Waals surface area (Å²) in [6.45, 7) is 6.91. The number of nitrogens with zero attached hydrogens (tertiary/aromatic N) is 1. The minimum absolute atomic E-state index is 0.0418. The molecule has 2 aromatic rings. The lowest BCUT2D eigenvalue weighted by Gasteiger charge is -2.14. The average molecular weight is 331 g/mol. The molecule has 2 rings (SSSR count). The van der Waals surface area contributed by atoms with Gasteiger partial charge in [0.05, 0.1) is 10.7 Å². The zero-order chi connectivity index (χ0) is 17.0. The number of carbonyl (C=O) groups is 2. The molecular formula is C17H21N3O2S. The molecule has 3 N–H and O–H groups in total. The normalized spacial score (nSPS) is 11.3. The first-order chi connectivity index (χ1) is 10.8. The maximum absolute atomic E-state index is 12.0. The third-order valence-electron chi connectivity index (χ3n) is 3.38. The van der Waals surface area contributed by atoms with Crippen molar-refractivity contribution in [3.63, 3.8) is 0 Å². The summed E-state index contributed by atoms with van der Waals surface area (Å²) in [6.07, 6.45) is 0.700. The van der Waals surface area contributed by atoms with E-state index < -0.39 is 5.91 Å². The monoisotopic (exact) mass is 331 g/mol. The Morgan fingerprint density at radius 3 is 2.30 bits per heavy atom. The fraction of sp³-hybridized carbons (Fsp3) is 0.353. The van der Waals surface area contributed by atoms with Crippen molar-refractivity contribution in [1.29, 1.82) is 0 Å². The van der Waals surface area contributed by atoms with Gasteiger partial charge in [0.1, 0.15) is 0 Å². The maximum Gasteiger partial charge on any atom is 0.251 e. The van der Waals surface area contributed by atoms with Gasteiger partial charge >= 0.3 is 0 Å². The van der Waals surface area contributed by atoms with Crippen molar-refractivity contribution in [2.45, 2.75) is 32.6 Å². The zero-order valence-electron chi connectivity index (χ0n) is 13.6. The van der Waals surface area contributed by atoms with Crippen LogP contribution < -0.4 is 11.1 Å². The van der Waals surface area contributed by atoms with E-state index in [1.54, 1.807) is 35.6 Å². The number of benzene rings is 1. The Bertz CT molecular complexity index is 699. The van der Waals surface area contributed by atoms with E-state index in [1.165, 1.54) is 0 Å². The van der Waals surface area contributed by atoms with Crippen LogP contribution in [0.3, 0.4) is 0 Å². The van der Waals surface area contributed by atoms with Gasteiger partial charge in [-0.1, -0.05) is 20.8 Å². The van der Waals surface area contributed by atoms with Gasteiger partial charge in [0, 0.05) is 34.9 Å². The SMILES string of the molecule is CC(C)(C)c1csc(CCNC(=O)c2ccc(C(N)=O)cc2)n1. The van der Waals surface area contributed by atoms with E-state index in [4.69, 9.17) is 5.73 Å². The van der Waals surface area contributed by atoms with Gasteiger partial charge in [-0.25, -0.2) is 4.98 Å². The van der Waals surface area contributed by atoms with Gasteiger partial charge in [-0.15, -0.1) is 11.3 Å². The minimum Gasteiger partial charge on any atom is -0.366 e. The number of carbonyl (C=O) groups excluding carboxylic acids is 2. The first-order valence-corrected chi connectivity index (χ1v) is 8.28. The second-order valence-electron chi connectivity index (χ2n) is 6.32. The number of aromatic nitrogens is 1. The third-order valence-corrected chi connectivity index (χ3v) is 4.28.